The summed E-state index contributed by atoms with van der Waals surface area (Å²) in [5.74, 6) is 3.37. The summed E-state index contributed by atoms with van der Waals surface area (Å²) in [7, 11) is 0. The fourth-order valence-electron chi connectivity index (χ4n) is 8.90. The van der Waals surface area contributed by atoms with Gasteiger partial charge in [-0.05, 0) is 88.3 Å². The van der Waals surface area contributed by atoms with E-state index in [-0.39, 0.29) is 0 Å². The van der Waals surface area contributed by atoms with Gasteiger partial charge in [-0.3, -0.25) is 4.90 Å². The van der Waals surface area contributed by atoms with E-state index in [1.807, 2.05) is 0 Å². The predicted octanol–water partition coefficient (Wildman–Crippen LogP) is 6.38. The Morgan fingerprint density at radius 2 is 1.45 bits per heavy atom. The number of fused-ring (bicyclic) bond motifs is 5. The molecular weight excluding hydrogens is 404 g/mol. The molecule has 4 bridgehead atoms. The van der Waals surface area contributed by atoms with Gasteiger partial charge in [0.05, 0.1) is 17.1 Å². The lowest BCUT2D eigenvalue weighted by atomic mass is 9.73. The number of rotatable bonds is 3. The molecule has 178 valence electrons. The Hall–Kier alpha value is -1.39. The van der Waals surface area contributed by atoms with Crippen molar-refractivity contribution >= 4 is 11.0 Å². The number of nitrogens with one attached hydrogen (secondary N) is 1. The average molecular weight is 447 g/mol. The van der Waals surface area contributed by atoms with Crippen molar-refractivity contribution in [1.29, 1.82) is 0 Å². The first kappa shape index (κ1) is 20.9. The number of piperidine rings is 2. The van der Waals surface area contributed by atoms with Crippen LogP contribution in [0.3, 0.4) is 0 Å². The zero-order chi connectivity index (χ0) is 21.8. The molecule has 4 heteroatoms. The van der Waals surface area contributed by atoms with Crippen LogP contribution in [0.2, 0.25) is 0 Å². The fraction of sp³-hybridized carbons (Fsp3) is 0.759. The molecule has 2 saturated carbocycles. The van der Waals surface area contributed by atoms with Crippen LogP contribution in [-0.4, -0.2) is 39.1 Å². The number of para-hydroxylation sites is 2. The lowest BCUT2D eigenvalue weighted by Gasteiger charge is -2.54. The van der Waals surface area contributed by atoms with Crippen molar-refractivity contribution in [3.8, 4) is 0 Å². The summed E-state index contributed by atoms with van der Waals surface area (Å²) < 4.78 is 2.71. The molecule has 1 aromatic heterocycles. The quantitative estimate of drug-likeness (QED) is 0.594. The molecule has 1 aromatic carbocycles. The Morgan fingerprint density at radius 1 is 0.697 bits per heavy atom. The Labute approximate surface area is 199 Å². The summed E-state index contributed by atoms with van der Waals surface area (Å²) in [5, 5.41) is 3.76. The highest BCUT2D eigenvalue weighted by atomic mass is 15.3. The normalized spacial score (nSPS) is 39.6. The predicted molar refractivity (Wildman–Crippen MR) is 134 cm³/mol. The van der Waals surface area contributed by atoms with Crippen LogP contribution in [0, 0.1) is 11.8 Å². The van der Waals surface area contributed by atoms with E-state index in [1.54, 1.807) is 6.42 Å². The van der Waals surface area contributed by atoms with Crippen LogP contribution in [0.25, 0.3) is 11.0 Å². The minimum Gasteiger partial charge on any atom is -0.323 e. The minimum absolute atomic E-state index is 0.441. The van der Waals surface area contributed by atoms with E-state index in [9.17, 15) is 0 Å². The third-order valence-electron chi connectivity index (χ3n) is 10.1. The van der Waals surface area contributed by atoms with Gasteiger partial charge in [0.25, 0.3) is 0 Å². The minimum atomic E-state index is 0.441. The van der Waals surface area contributed by atoms with Crippen LogP contribution in [0.1, 0.15) is 108 Å². The van der Waals surface area contributed by atoms with Crippen LogP contribution in [0.5, 0.6) is 0 Å². The second-order valence-corrected chi connectivity index (χ2v) is 12.2. The molecule has 2 aliphatic carbocycles. The van der Waals surface area contributed by atoms with Crippen molar-refractivity contribution in [3.05, 3.63) is 30.1 Å². The standard InChI is InChI=1S/C29H42N4/c1-2-8-21-15-20(7-1)16-24(17-21)32-22-9-5-10-23(32)19-25(18-22)33-28-13-4-3-11-26(28)31-29(33)27-12-6-14-30-27/h3-4,11,13,20-25,27,30H,1-2,5-10,12,14-19H2/t20?,21?,22?,23?,24?,25?,27-/m0/s1. The van der Waals surface area contributed by atoms with Crippen molar-refractivity contribution in [3.63, 3.8) is 0 Å². The van der Waals surface area contributed by atoms with Crippen LogP contribution in [0.15, 0.2) is 24.3 Å². The van der Waals surface area contributed by atoms with Gasteiger partial charge in [0, 0.05) is 24.2 Å². The Bertz CT molecular complexity index is 947. The SMILES string of the molecule is c1ccc2c(c1)nc([C@@H]1CCCN1)n2C1CC2CCCC(C1)N2C1CC2CCCCC(C2)C1. The molecule has 3 aliphatic heterocycles. The second kappa shape index (κ2) is 8.68. The molecule has 0 amide bonds. The first-order chi connectivity index (χ1) is 16.3. The van der Waals surface area contributed by atoms with E-state index in [4.69, 9.17) is 4.98 Å². The van der Waals surface area contributed by atoms with Crippen LogP contribution in [0.4, 0.5) is 0 Å². The number of nitrogens with zero attached hydrogens (tertiary/aromatic N) is 3. The summed E-state index contributed by atoms with van der Waals surface area (Å²) in [6.45, 7) is 1.14. The summed E-state index contributed by atoms with van der Waals surface area (Å²) in [4.78, 5) is 8.32. The van der Waals surface area contributed by atoms with Gasteiger partial charge < -0.3 is 9.88 Å². The van der Waals surface area contributed by atoms with Crippen LogP contribution in [-0.2, 0) is 0 Å². The first-order valence-corrected chi connectivity index (χ1v) is 14.3. The van der Waals surface area contributed by atoms with Crippen molar-refractivity contribution in [2.75, 3.05) is 6.54 Å². The summed E-state index contributed by atoms with van der Waals surface area (Å²) in [6.07, 6.45) is 20.0. The zero-order valence-electron chi connectivity index (χ0n) is 20.3. The van der Waals surface area contributed by atoms with Gasteiger partial charge in [-0.15, -0.1) is 0 Å². The second-order valence-electron chi connectivity index (χ2n) is 12.2. The molecular formula is C29H42N4. The smallest absolute Gasteiger partial charge is 0.127 e. The topological polar surface area (TPSA) is 33.1 Å². The maximum Gasteiger partial charge on any atom is 0.127 e. The lowest BCUT2D eigenvalue weighted by Crippen LogP contribution is -2.58. The molecule has 2 aromatic rings. The van der Waals surface area contributed by atoms with E-state index in [1.165, 1.54) is 100 Å². The molecule has 5 atom stereocenters. The molecule has 5 aliphatic rings. The van der Waals surface area contributed by atoms with E-state index in [2.05, 4.69) is 39.0 Å². The molecule has 0 radical (unpaired) electrons. The van der Waals surface area contributed by atoms with Crippen molar-refractivity contribution in [2.45, 2.75) is 120 Å². The highest BCUT2D eigenvalue weighted by molar-refractivity contribution is 5.76. The molecule has 1 N–H and O–H groups in total. The van der Waals surface area contributed by atoms with Crippen molar-refractivity contribution < 1.29 is 0 Å². The van der Waals surface area contributed by atoms with Gasteiger partial charge in [0.15, 0.2) is 0 Å². The maximum atomic E-state index is 5.21. The summed E-state index contributed by atoms with van der Waals surface area (Å²) in [6, 6.07) is 12.4. The van der Waals surface area contributed by atoms with Crippen LogP contribution >= 0.6 is 0 Å². The van der Waals surface area contributed by atoms with Gasteiger partial charge in [0.2, 0.25) is 0 Å². The zero-order valence-corrected chi connectivity index (χ0v) is 20.3. The van der Waals surface area contributed by atoms with Gasteiger partial charge >= 0.3 is 0 Å². The molecule has 4 nitrogen and oxygen atoms in total. The van der Waals surface area contributed by atoms with E-state index < -0.39 is 0 Å². The maximum absolute atomic E-state index is 5.21. The molecule has 3 saturated heterocycles. The number of imidazole rings is 1. The first-order valence-electron chi connectivity index (χ1n) is 14.3. The highest BCUT2D eigenvalue weighted by Crippen LogP contribution is 2.47. The van der Waals surface area contributed by atoms with Crippen molar-refractivity contribution in [1.82, 2.24) is 19.8 Å². The Kier molecular flexibility index (Phi) is 5.51. The third kappa shape index (κ3) is 3.76. The molecule has 5 fully saturated rings. The van der Waals surface area contributed by atoms with Gasteiger partial charge in [-0.25, -0.2) is 4.98 Å². The average Bonchev–Trinajstić information content (AvgIpc) is 3.45. The summed E-state index contributed by atoms with van der Waals surface area (Å²) in [5.41, 5.74) is 2.58. The van der Waals surface area contributed by atoms with E-state index >= 15 is 0 Å². The van der Waals surface area contributed by atoms with E-state index in [0.29, 0.717) is 12.1 Å². The Morgan fingerprint density at radius 3 is 2.18 bits per heavy atom. The molecule has 0 spiro atoms. The number of aromatic nitrogens is 2. The van der Waals surface area contributed by atoms with Gasteiger partial charge in [-0.1, -0.05) is 44.2 Å². The monoisotopic (exact) mass is 446 g/mol. The number of hydrogen-bond donors (Lipinski definition) is 1. The molecule has 4 heterocycles. The molecule has 7 rings (SSSR count). The van der Waals surface area contributed by atoms with Gasteiger partial charge in [0.1, 0.15) is 5.82 Å². The molecule has 33 heavy (non-hydrogen) atoms. The van der Waals surface area contributed by atoms with E-state index in [0.717, 1.165) is 36.5 Å². The lowest BCUT2D eigenvalue weighted by molar-refractivity contribution is -0.0421. The Balaban J connectivity index is 1.19. The fourth-order valence-corrected chi connectivity index (χ4v) is 8.90. The van der Waals surface area contributed by atoms with Crippen LogP contribution < -0.4 is 5.32 Å². The largest absolute Gasteiger partial charge is 0.323 e. The van der Waals surface area contributed by atoms with Gasteiger partial charge in [-0.2, -0.15) is 0 Å². The third-order valence-corrected chi connectivity index (χ3v) is 10.1. The number of hydrogen-bond acceptors (Lipinski definition) is 3. The van der Waals surface area contributed by atoms with Crippen molar-refractivity contribution in [2.24, 2.45) is 11.8 Å². The molecule has 4 unspecified atom stereocenters. The number of benzene rings is 1. The highest BCUT2D eigenvalue weighted by Gasteiger charge is 2.45. The summed E-state index contributed by atoms with van der Waals surface area (Å²) >= 11 is 0.